The van der Waals surface area contributed by atoms with Crippen molar-refractivity contribution in [2.75, 3.05) is 9.44 Å². The van der Waals surface area contributed by atoms with E-state index in [1.54, 1.807) is 26.0 Å². The van der Waals surface area contributed by atoms with Gasteiger partial charge in [-0.3, -0.25) is 9.44 Å². The average molecular weight is 449 g/mol. The van der Waals surface area contributed by atoms with Gasteiger partial charge in [-0.05, 0) is 62.2 Å². The summed E-state index contributed by atoms with van der Waals surface area (Å²) in [7, 11) is -8.07. The van der Waals surface area contributed by atoms with E-state index in [1.807, 2.05) is 6.92 Å². The first-order chi connectivity index (χ1) is 14.0. The maximum atomic E-state index is 13.9. The van der Waals surface area contributed by atoms with Crippen LogP contribution < -0.4 is 9.44 Å². The number of para-hydroxylation sites is 1. The van der Waals surface area contributed by atoms with Gasteiger partial charge in [0, 0.05) is 0 Å². The van der Waals surface area contributed by atoms with Crippen molar-refractivity contribution >= 4 is 31.4 Å². The van der Waals surface area contributed by atoms with Crippen molar-refractivity contribution in [1.82, 2.24) is 0 Å². The summed E-state index contributed by atoms with van der Waals surface area (Å²) in [5.41, 5.74) is 1.76. The van der Waals surface area contributed by atoms with Gasteiger partial charge in [-0.15, -0.1) is 0 Å². The summed E-state index contributed by atoms with van der Waals surface area (Å²) in [4.78, 5) is -0.0610. The Labute approximate surface area is 175 Å². The van der Waals surface area contributed by atoms with E-state index in [4.69, 9.17) is 0 Å². The topological polar surface area (TPSA) is 92.3 Å². The quantitative estimate of drug-likeness (QED) is 0.586. The number of rotatable bonds is 6. The lowest BCUT2D eigenvalue weighted by atomic mass is 10.2. The van der Waals surface area contributed by atoms with Gasteiger partial charge in [0.05, 0.1) is 21.2 Å². The Morgan fingerprint density at radius 1 is 0.700 bits per heavy atom. The summed E-state index contributed by atoms with van der Waals surface area (Å²) in [6, 6.07) is 14.5. The Kier molecular flexibility index (Phi) is 5.87. The van der Waals surface area contributed by atoms with E-state index in [-0.39, 0.29) is 21.2 Å². The molecule has 0 bridgehead atoms. The Morgan fingerprint density at radius 3 is 2.03 bits per heavy atom. The Hall–Kier alpha value is -2.91. The van der Waals surface area contributed by atoms with Crippen LogP contribution in [-0.2, 0) is 20.0 Å². The summed E-state index contributed by atoms with van der Waals surface area (Å²) in [5, 5.41) is 0. The van der Waals surface area contributed by atoms with Gasteiger partial charge < -0.3 is 0 Å². The van der Waals surface area contributed by atoms with Crippen LogP contribution in [0.15, 0.2) is 70.5 Å². The van der Waals surface area contributed by atoms with E-state index in [0.29, 0.717) is 11.1 Å². The molecule has 3 aromatic rings. The zero-order chi connectivity index (χ0) is 22.1. The molecule has 3 rings (SSSR count). The molecule has 0 aliphatic carbocycles. The predicted molar refractivity (Wildman–Crippen MR) is 115 cm³/mol. The van der Waals surface area contributed by atoms with Gasteiger partial charge in [0.25, 0.3) is 20.0 Å². The minimum absolute atomic E-state index is 0.0782. The zero-order valence-corrected chi connectivity index (χ0v) is 18.2. The van der Waals surface area contributed by atoms with Crippen molar-refractivity contribution in [2.24, 2.45) is 0 Å². The molecule has 0 aliphatic heterocycles. The second kappa shape index (κ2) is 8.08. The number of nitrogens with one attached hydrogen (secondary N) is 2. The second-order valence-electron chi connectivity index (χ2n) is 6.94. The Morgan fingerprint density at radius 2 is 1.37 bits per heavy atom. The van der Waals surface area contributed by atoms with Gasteiger partial charge >= 0.3 is 0 Å². The number of benzene rings is 3. The van der Waals surface area contributed by atoms with Gasteiger partial charge in [-0.2, -0.15) is 0 Å². The van der Waals surface area contributed by atoms with Gasteiger partial charge in [-0.1, -0.05) is 35.9 Å². The van der Waals surface area contributed by atoms with Crippen molar-refractivity contribution in [3.8, 4) is 0 Å². The van der Waals surface area contributed by atoms with Gasteiger partial charge in [-0.25, -0.2) is 21.2 Å². The fourth-order valence-electron chi connectivity index (χ4n) is 3.01. The number of aryl methyl sites for hydroxylation is 3. The van der Waals surface area contributed by atoms with Crippen molar-refractivity contribution in [1.29, 1.82) is 0 Å². The highest BCUT2D eigenvalue weighted by molar-refractivity contribution is 7.93. The molecule has 0 unspecified atom stereocenters. The summed E-state index contributed by atoms with van der Waals surface area (Å²) in [6.45, 7) is 5.11. The number of hydrogen-bond donors (Lipinski definition) is 2. The summed E-state index contributed by atoms with van der Waals surface area (Å²) in [6.07, 6.45) is 0. The lowest BCUT2D eigenvalue weighted by Crippen LogP contribution is -2.17. The van der Waals surface area contributed by atoms with E-state index < -0.39 is 25.9 Å². The standard InChI is InChI=1S/C21H21FN2O4S2/c1-14-8-11-20(16(3)12-14)29(25,26)23-17-10-9-15(2)21(13-17)30(27,28)24-19-7-5-4-6-18(19)22/h4-13,23-24H,1-3H3. The van der Waals surface area contributed by atoms with Crippen LogP contribution in [0.25, 0.3) is 0 Å². The van der Waals surface area contributed by atoms with Crippen LogP contribution in [0.5, 0.6) is 0 Å². The summed E-state index contributed by atoms with van der Waals surface area (Å²) >= 11 is 0. The molecule has 0 atom stereocenters. The molecule has 0 fully saturated rings. The molecule has 6 nitrogen and oxygen atoms in total. The van der Waals surface area contributed by atoms with E-state index >= 15 is 0 Å². The largest absolute Gasteiger partial charge is 0.280 e. The van der Waals surface area contributed by atoms with Crippen LogP contribution in [0.3, 0.4) is 0 Å². The number of halogens is 1. The molecular formula is C21H21FN2O4S2. The molecule has 0 heterocycles. The van der Waals surface area contributed by atoms with E-state index in [9.17, 15) is 21.2 Å². The van der Waals surface area contributed by atoms with Crippen molar-refractivity contribution in [3.63, 3.8) is 0 Å². The van der Waals surface area contributed by atoms with Crippen molar-refractivity contribution < 1.29 is 21.2 Å². The fraction of sp³-hybridized carbons (Fsp3) is 0.143. The lowest BCUT2D eigenvalue weighted by molar-refractivity contribution is 0.596. The Bertz CT molecular complexity index is 1320. The van der Waals surface area contributed by atoms with Crippen LogP contribution in [0.2, 0.25) is 0 Å². The lowest BCUT2D eigenvalue weighted by Gasteiger charge is -2.14. The van der Waals surface area contributed by atoms with Gasteiger partial charge in [0.1, 0.15) is 5.82 Å². The molecule has 0 aromatic heterocycles. The first-order valence-electron chi connectivity index (χ1n) is 8.98. The fourth-order valence-corrected chi connectivity index (χ4v) is 5.62. The van der Waals surface area contributed by atoms with Crippen LogP contribution in [0.4, 0.5) is 15.8 Å². The van der Waals surface area contributed by atoms with Crippen LogP contribution in [0, 0.1) is 26.6 Å². The molecule has 158 valence electrons. The minimum Gasteiger partial charge on any atom is -0.280 e. The van der Waals surface area contributed by atoms with Crippen LogP contribution in [0.1, 0.15) is 16.7 Å². The Balaban J connectivity index is 1.96. The maximum absolute atomic E-state index is 13.9. The molecule has 2 N–H and O–H groups in total. The van der Waals surface area contributed by atoms with E-state index in [0.717, 1.165) is 11.6 Å². The third-order valence-corrected chi connectivity index (χ3v) is 7.52. The molecule has 0 saturated heterocycles. The van der Waals surface area contributed by atoms with Gasteiger partial charge in [0.15, 0.2) is 0 Å². The smallest absolute Gasteiger partial charge is 0.262 e. The summed E-state index contributed by atoms with van der Waals surface area (Å²) in [5.74, 6) is -0.717. The molecule has 0 amide bonds. The van der Waals surface area contributed by atoms with E-state index in [1.165, 1.54) is 42.5 Å². The first-order valence-corrected chi connectivity index (χ1v) is 11.9. The van der Waals surface area contributed by atoms with E-state index in [2.05, 4.69) is 9.44 Å². The molecule has 0 spiro atoms. The third kappa shape index (κ3) is 4.63. The average Bonchev–Trinajstić information content (AvgIpc) is 2.64. The predicted octanol–water partition coefficient (Wildman–Crippen LogP) is 4.35. The molecule has 3 aromatic carbocycles. The highest BCUT2D eigenvalue weighted by Gasteiger charge is 2.22. The molecular weight excluding hydrogens is 427 g/mol. The summed E-state index contributed by atoms with van der Waals surface area (Å²) < 4.78 is 69.7. The van der Waals surface area contributed by atoms with Gasteiger partial charge in [0.2, 0.25) is 0 Å². The molecule has 0 radical (unpaired) electrons. The second-order valence-corrected chi connectivity index (χ2v) is 10.2. The van der Waals surface area contributed by atoms with Crippen LogP contribution >= 0.6 is 0 Å². The third-order valence-electron chi connectivity index (χ3n) is 4.47. The number of sulfonamides is 2. The van der Waals surface area contributed by atoms with Crippen molar-refractivity contribution in [2.45, 2.75) is 30.6 Å². The monoisotopic (exact) mass is 448 g/mol. The number of anilines is 2. The molecule has 9 heteroatoms. The number of hydrogen-bond acceptors (Lipinski definition) is 4. The first kappa shape index (κ1) is 21.8. The van der Waals surface area contributed by atoms with Crippen molar-refractivity contribution in [3.05, 3.63) is 83.2 Å². The highest BCUT2D eigenvalue weighted by atomic mass is 32.2. The normalized spacial score (nSPS) is 11.9. The maximum Gasteiger partial charge on any atom is 0.262 e. The highest BCUT2D eigenvalue weighted by Crippen LogP contribution is 2.26. The molecule has 30 heavy (non-hydrogen) atoms. The molecule has 0 saturated carbocycles. The van der Waals surface area contributed by atoms with Crippen LogP contribution in [-0.4, -0.2) is 16.8 Å². The molecule has 0 aliphatic rings. The zero-order valence-electron chi connectivity index (χ0n) is 16.6. The SMILES string of the molecule is Cc1ccc(S(=O)(=O)Nc2ccc(C)c(S(=O)(=O)Nc3ccccc3F)c2)c(C)c1. The minimum atomic E-state index is -4.15.